The van der Waals surface area contributed by atoms with Crippen LogP contribution in [0.5, 0.6) is 0 Å². The molecule has 1 aliphatic heterocycles. The number of amides is 2. The van der Waals surface area contributed by atoms with E-state index >= 15 is 0 Å². The van der Waals surface area contributed by atoms with E-state index in [1.807, 2.05) is 24.3 Å². The Hall–Kier alpha value is -3.22. The van der Waals surface area contributed by atoms with Crippen molar-refractivity contribution in [1.29, 1.82) is 0 Å². The zero-order valence-electron chi connectivity index (χ0n) is 14.3. The third-order valence-corrected chi connectivity index (χ3v) is 4.83. The zero-order valence-corrected chi connectivity index (χ0v) is 14.3. The van der Waals surface area contributed by atoms with E-state index in [4.69, 9.17) is 0 Å². The van der Waals surface area contributed by atoms with E-state index in [1.165, 1.54) is 6.07 Å². The van der Waals surface area contributed by atoms with Gasteiger partial charge in [0, 0.05) is 48.4 Å². The summed E-state index contributed by atoms with van der Waals surface area (Å²) in [5.41, 5.74) is 1.69. The summed E-state index contributed by atoms with van der Waals surface area (Å²) in [6.45, 7) is 0.615. The van der Waals surface area contributed by atoms with Gasteiger partial charge in [0.05, 0.1) is 11.5 Å². The number of aromatic nitrogens is 1. The topological polar surface area (TPSA) is 65.2 Å². The van der Waals surface area contributed by atoms with Crippen LogP contribution in [-0.2, 0) is 11.3 Å². The van der Waals surface area contributed by atoms with Crippen LogP contribution in [0.25, 0.3) is 10.9 Å². The summed E-state index contributed by atoms with van der Waals surface area (Å²) in [6.07, 6.45) is 1.68. The summed E-state index contributed by atoms with van der Waals surface area (Å²) in [6, 6.07) is 10.8. The van der Waals surface area contributed by atoms with Crippen molar-refractivity contribution >= 4 is 22.7 Å². The monoisotopic (exact) mass is 369 g/mol. The van der Waals surface area contributed by atoms with Crippen LogP contribution in [0.4, 0.5) is 8.78 Å². The molecule has 1 fully saturated rings. The van der Waals surface area contributed by atoms with E-state index < -0.39 is 11.6 Å². The standard InChI is InChI=1S/C20H17F2N3O2/c21-14-6-5-12(17(22)7-14)8-24-19(26)13-10-25(11-13)20(27)16-9-23-18-4-2-1-3-15(16)18/h1-7,9,13,23H,8,10-11H2,(H,24,26). The van der Waals surface area contributed by atoms with Crippen molar-refractivity contribution in [2.45, 2.75) is 6.54 Å². The molecule has 7 heteroatoms. The van der Waals surface area contributed by atoms with Crippen LogP contribution in [0.1, 0.15) is 15.9 Å². The number of hydrogen-bond donors (Lipinski definition) is 2. The molecule has 1 aliphatic rings. The summed E-state index contributed by atoms with van der Waals surface area (Å²) >= 11 is 0. The summed E-state index contributed by atoms with van der Waals surface area (Å²) in [5, 5.41) is 3.49. The molecule has 138 valence electrons. The smallest absolute Gasteiger partial charge is 0.256 e. The highest BCUT2D eigenvalue weighted by atomic mass is 19.1. The fourth-order valence-corrected chi connectivity index (χ4v) is 3.22. The van der Waals surface area contributed by atoms with Crippen molar-refractivity contribution in [2.24, 2.45) is 5.92 Å². The number of carbonyl (C=O) groups is 2. The molecule has 0 bridgehead atoms. The highest BCUT2D eigenvalue weighted by Gasteiger charge is 2.36. The van der Waals surface area contributed by atoms with Gasteiger partial charge in [-0.2, -0.15) is 0 Å². The predicted octanol–water partition coefficient (Wildman–Crippen LogP) is 2.83. The van der Waals surface area contributed by atoms with Gasteiger partial charge in [0.25, 0.3) is 5.91 Å². The number of hydrogen-bond acceptors (Lipinski definition) is 2. The third-order valence-electron chi connectivity index (χ3n) is 4.83. The summed E-state index contributed by atoms with van der Waals surface area (Å²) in [4.78, 5) is 29.5. The van der Waals surface area contributed by atoms with Gasteiger partial charge in [-0.15, -0.1) is 0 Å². The average Bonchev–Trinajstić information content (AvgIpc) is 3.03. The van der Waals surface area contributed by atoms with Crippen LogP contribution in [0.2, 0.25) is 0 Å². The van der Waals surface area contributed by atoms with E-state index in [1.54, 1.807) is 11.1 Å². The maximum absolute atomic E-state index is 13.6. The quantitative estimate of drug-likeness (QED) is 0.743. The molecule has 0 atom stereocenters. The second-order valence-corrected chi connectivity index (χ2v) is 6.61. The van der Waals surface area contributed by atoms with E-state index in [-0.39, 0.29) is 29.8 Å². The molecule has 2 N–H and O–H groups in total. The Bertz CT molecular complexity index is 1020. The Kier molecular flexibility index (Phi) is 4.35. The van der Waals surface area contributed by atoms with Crippen molar-refractivity contribution in [1.82, 2.24) is 15.2 Å². The molecule has 2 aromatic carbocycles. The van der Waals surface area contributed by atoms with Gasteiger partial charge in [0.2, 0.25) is 5.91 Å². The molecule has 2 heterocycles. The van der Waals surface area contributed by atoms with E-state index in [2.05, 4.69) is 10.3 Å². The lowest BCUT2D eigenvalue weighted by atomic mass is 9.97. The first kappa shape index (κ1) is 17.2. The Balaban J connectivity index is 1.33. The number of nitrogens with one attached hydrogen (secondary N) is 2. The number of para-hydroxylation sites is 1. The minimum absolute atomic E-state index is 0.0160. The molecule has 0 radical (unpaired) electrons. The molecule has 0 aliphatic carbocycles. The molecule has 27 heavy (non-hydrogen) atoms. The molecule has 0 unspecified atom stereocenters. The van der Waals surface area contributed by atoms with Gasteiger partial charge >= 0.3 is 0 Å². The normalized spacial score (nSPS) is 14.2. The number of aromatic amines is 1. The minimum Gasteiger partial charge on any atom is -0.360 e. The first-order valence-electron chi connectivity index (χ1n) is 8.60. The van der Waals surface area contributed by atoms with Crippen molar-refractivity contribution < 1.29 is 18.4 Å². The minimum atomic E-state index is -0.694. The Morgan fingerprint density at radius 1 is 1.15 bits per heavy atom. The predicted molar refractivity (Wildman–Crippen MR) is 95.9 cm³/mol. The first-order valence-corrected chi connectivity index (χ1v) is 8.60. The first-order chi connectivity index (χ1) is 13.0. The number of halogens is 2. The highest BCUT2D eigenvalue weighted by Crippen LogP contribution is 2.24. The molecule has 0 saturated carbocycles. The Morgan fingerprint density at radius 3 is 2.70 bits per heavy atom. The number of likely N-dealkylation sites (tertiary alicyclic amines) is 1. The molecule has 2 amide bonds. The Morgan fingerprint density at radius 2 is 1.93 bits per heavy atom. The number of rotatable bonds is 4. The Labute approximate surface area is 154 Å². The van der Waals surface area contributed by atoms with Crippen molar-refractivity contribution in [3.63, 3.8) is 0 Å². The largest absolute Gasteiger partial charge is 0.360 e. The molecule has 4 rings (SSSR count). The number of fused-ring (bicyclic) bond motifs is 1. The molecular formula is C20H17F2N3O2. The van der Waals surface area contributed by atoms with Gasteiger partial charge in [-0.05, 0) is 12.1 Å². The van der Waals surface area contributed by atoms with Crippen LogP contribution < -0.4 is 5.32 Å². The van der Waals surface area contributed by atoms with Gasteiger partial charge in [0.15, 0.2) is 0 Å². The molecular weight excluding hydrogens is 352 g/mol. The number of nitrogens with zero attached hydrogens (tertiary/aromatic N) is 1. The molecule has 1 saturated heterocycles. The number of carbonyl (C=O) groups excluding carboxylic acids is 2. The van der Waals surface area contributed by atoms with E-state index in [0.717, 1.165) is 23.0 Å². The lowest BCUT2D eigenvalue weighted by Crippen LogP contribution is -2.55. The zero-order chi connectivity index (χ0) is 19.0. The second-order valence-electron chi connectivity index (χ2n) is 6.61. The van der Waals surface area contributed by atoms with Gasteiger partial charge < -0.3 is 15.2 Å². The molecule has 1 aromatic heterocycles. The maximum Gasteiger partial charge on any atom is 0.256 e. The molecule has 3 aromatic rings. The highest BCUT2D eigenvalue weighted by molar-refractivity contribution is 6.07. The van der Waals surface area contributed by atoms with Gasteiger partial charge in [-0.25, -0.2) is 8.78 Å². The van der Waals surface area contributed by atoms with Gasteiger partial charge in [-0.1, -0.05) is 24.3 Å². The number of H-pyrrole nitrogens is 1. The average molecular weight is 369 g/mol. The van der Waals surface area contributed by atoms with Gasteiger partial charge in [-0.3, -0.25) is 9.59 Å². The van der Waals surface area contributed by atoms with Gasteiger partial charge in [0.1, 0.15) is 11.6 Å². The molecule has 0 spiro atoms. The van der Waals surface area contributed by atoms with E-state index in [0.29, 0.717) is 18.7 Å². The third kappa shape index (κ3) is 3.28. The lowest BCUT2D eigenvalue weighted by Gasteiger charge is -2.38. The van der Waals surface area contributed by atoms with Crippen LogP contribution >= 0.6 is 0 Å². The molecule has 5 nitrogen and oxygen atoms in total. The SMILES string of the molecule is O=C(NCc1ccc(F)cc1F)C1CN(C(=O)c2c[nH]c3ccccc23)C1. The second kappa shape index (κ2) is 6.83. The van der Waals surface area contributed by atoms with Crippen LogP contribution in [-0.4, -0.2) is 34.8 Å². The van der Waals surface area contributed by atoms with Crippen molar-refractivity contribution in [2.75, 3.05) is 13.1 Å². The van der Waals surface area contributed by atoms with E-state index in [9.17, 15) is 18.4 Å². The fraction of sp³-hybridized carbons (Fsp3) is 0.200. The van der Waals surface area contributed by atoms with Crippen molar-refractivity contribution in [3.8, 4) is 0 Å². The number of benzene rings is 2. The van der Waals surface area contributed by atoms with Crippen LogP contribution in [0.15, 0.2) is 48.7 Å². The summed E-state index contributed by atoms with van der Waals surface area (Å²) in [5.74, 6) is -2.06. The fourth-order valence-electron chi connectivity index (χ4n) is 3.22. The van der Waals surface area contributed by atoms with Crippen LogP contribution in [0.3, 0.4) is 0 Å². The summed E-state index contributed by atoms with van der Waals surface area (Å²) < 4.78 is 26.5. The maximum atomic E-state index is 13.6. The summed E-state index contributed by atoms with van der Waals surface area (Å²) in [7, 11) is 0. The van der Waals surface area contributed by atoms with Crippen LogP contribution in [0, 0.1) is 17.6 Å². The lowest BCUT2D eigenvalue weighted by molar-refractivity contribution is -0.129. The van der Waals surface area contributed by atoms with Crippen molar-refractivity contribution in [3.05, 3.63) is 71.4 Å².